The maximum absolute atomic E-state index is 11.8. The number of hydrogen-bond donors (Lipinski definition) is 3. The van der Waals surface area contributed by atoms with Gasteiger partial charge in [-0.05, 0) is 25.5 Å². The lowest BCUT2D eigenvalue weighted by atomic mass is 10.2. The molecule has 3 N–H and O–H groups in total. The Kier molecular flexibility index (Phi) is 4.14. The molecule has 2 aromatic rings. The summed E-state index contributed by atoms with van der Waals surface area (Å²) in [4.78, 5) is 23.5. The number of H-pyrrole nitrogens is 1. The molecule has 0 fully saturated rings. The number of nitrogens with one attached hydrogen (secondary N) is 3. The largest absolute Gasteiger partial charge is 0.318 e. The molecule has 20 heavy (non-hydrogen) atoms. The fraction of sp³-hybridized carbons (Fsp3) is 0.214. The highest BCUT2D eigenvalue weighted by atomic mass is 16.2. The Balaban J connectivity index is 1.99. The Bertz CT molecular complexity index is 616. The predicted molar refractivity (Wildman–Crippen MR) is 76.4 cm³/mol. The third kappa shape index (κ3) is 3.23. The zero-order valence-electron chi connectivity index (χ0n) is 11.4. The van der Waals surface area contributed by atoms with Gasteiger partial charge in [-0.2, -0.15) is 5.10 Å². The number of anilines is 2. The average molecular weight is 272 g/mol. The van der Waals surface area contributed by atoms with E-state index in [9.17, 15) is 9.59 Å². The van der Waals surface area contributed by atoms with E-state index in [0.717, 1.165) is 11.1 Å². The minimum absolute atomic E-state index is 0.455. The van der Waals surface area contributed by atoms with Crippen molar-refractivity contribution in [2.75, 3.05) is 10.6 Å². The van der Waals surface area contributed by atoms with Crippen LogP contribution in [0.3, 0.4) is 0 Å². The van der Waals surface area contributed by atoms with Crippen molar-refractivity contribution in [3.8, 4) is 0 Å². The van der Waals surface area contributed by atoms with Crippen molar-refractivity contribution in [2.24, 2.45) is 0 Å². The summed E-state index contributed by atoms with van der Waals surface area (Å²) in [5.74, 6) is -0.994. The molecule has 0 aliphatic heterocycles. The normalized spacial score (nSPS) is 10.1. The lowest BCUT2D eigenvalue weighted by molar-refractivity contribution is -0.133. The van der Waals surface area contributed by atoms with E-state index in [1.165, 1.54) is 0 Å². The number of carbonyl (C=O) groups is 2. The van der Waals surface area contributed by atoms with Crippen LogP contribution in [0, 0.1) is 6.92 Å². The maximum Gasteiger partial charge on any atom is 0.315 e. The van der Waals surface area contributed by atoms with Gasteiger partial charge in [0.1, 0.15) is 5.82 Å². The first kappa shape index (κ1) is 13.8. The van der Waals surface area contributed by atoms with Crippen LogP contribution >= 0.6 is 0 Å². The second-order valence-corrected chi connectivity index (χ2v) is 4.40. The molecule has 1 heterocycles. The highest BCUT2D eigenvalue weighted by molar-refractivity contribution is 6.43. The zero-order chi connectivity index (χ0) is 14.5. The van der Waals surface area contributed by atoms with Gasteiger partial charge in [0.05, 0.1) is 6.20 Å². The summed E-state index contributed by atoms with van der Waals surface area (Å²) >= 11 is 0. The van der Waals surface area contributed by atoms with E-state index < -0.39 is 11.8 Å². The van der Waals surface area contributed by atoms with Crippen molar-refractivity contribution in [2.45, 2.75) is 20.3 Å². The number of aromatic amines is 1. The Labute approximate surface area is 116 Å². The molecule has 6 heteroatoms. The van der Waals surface area contributed by atoms with Gasteiger partial charge in [0.25, 0.3) is 0 Å². The molecular weight excluding hydrogens is 256 g/mol. The van der Waals surface area contributed by atoms with Crippen LogP contribution in [-0.2, 0) is 16.0 Å². The maximum atomic E-state index is 11.8. The molecule has 0 spiro atoms. The number of hydrogen-bond acceptors (Lipinski definition) is 3. The second-order valence-electron chi connectivity index (χ2n) is 4.40. The van der Waals surface area contributed by atoms with Crippen molar-refractivity contribution < 1.29 is 9.59 Å². The molecule has 104 valence electrons. The van der Waals surface area contributed by atoms with E-state index in [2.05, 4.69) is 20.8 Å². The Morgan fingerprint density at radius 1 is 1.15 bits per heavy atom. The number of amides is 2. The van der Waals surface area contributed by atoms with E-state index in [0.29, 0.717) is 17.9 Å². The summed E-state index contributed by atoms with van der Waals surface area (Å²) in [7, 11) is 0. The third-order valence-corrected chi connectivity index (χ3v) is 2.85. The SMILES string of the molecule is CCc1cn[nH]c1NC(=O)C(=O)Nc1ccc(C)cc1. The number of aryl methyl sites for hydroxylation is 2. The number of aromatic nitrogens is 2. The Hall–Kier alpha value is -2.63. The average Bonchev–Trinajstić information content (AvgIpc) is 2.88. The highest BCUT2D eigenvalue weighted by Gasteiger charge is 2.16. The van der Waals surface area contributed by atoms with Crippen molar-refractivity contribution in [3.05, 3.63) is 41.6 Å². The van der Waals surface area contributed by atoms with Crippen LogP contribution in [0.5, 0.6) is 0 Å². The molecule has 0 aliphatic carbocycles. The van der Waals surface area contributed by atoms with Crippen LogP contribution in [0.25, 0.3) is 0 Å². The van der Waals surface area contributed by atoms with E-state index >= 15 is 0 Å². The molecule has 0 bridgehead atoms. The third-order valence-electron chi connectivity index (χ3n) is 2.85. The summed E-state index contributed by atoms with van der Waals surface area (Å²) in [5, 5.41) is 11.5. The van der Waals surface area contributed by atoms with Gasteiger partial charge in [-0.3, -0.25) is 14.7 Å². The van der Waals surface area contributed by atoms with Crippen molar-refractivity contribution in [1.82, 2.24) is 10.2 Å². The second kappa shape index (κ2) is 6.01. The summed E-state index contributed by atoms with van der Waals surface area (Å²) in [5.41, 5.74) is 2.51. The van der Waals surface area contributed by atoms with Crippen LogP contribution in [0.15, 0.2) is 30.5 Å². The van der Waals surface area contributed by atoms with Gasteiger partial charge in [-0.25, -0.2) is 0 Å². The first-order chi connectivity index (χ1) is 9.60. The van der Waals surface area contributed by atoms with Crippen LogP contribution in [0.4, 0.5) is 11.5 Å². The van der Waals surface area contributed by atoms with E-state index in [-0.39, 0.29) is 0 Å². The van der Waals surface area contributed by atoms with Gasteiger partial charge in [-0.1, -0.05) is 24.6 Å². The van der Waals surface area contributed by atoms with Crippen LogP contribution in [0.2, 0.25) is 0 Å². The lowest BCUT2D eigenvalue weighted by Crippen LogP contribution is -2.29. The van der Waals surface area contributed by atoms with Crippen molar-refractivity contribution >= 4 is 23.3 Å². The fourth-order valence-corrected chi connectivity index (χ4v) is 1.68. The molecule has 2 amide bonds. The van der Waals surface area contributed by atoms with Crippen LogP contribution < -0.4 is 10.6 Å². The standard InChI is InChI=1S/C14H16N4O2/c1-3-10-8-15-18-12(10)17-14(20)13(19)16-11-6-4-9(2)5-7-11/h4-8H,3H2,1-2H3,(H,16,19)(H2,15,17,18,20). The molecule has 0 atom stereocenters. The molecule has 0 saturated heterocycles. The summed E-state index contributed by atoms with van der Waals surface area (Å²) in [6.07, 6.45) is 2.33. The molecule has 2 rings (SSSR count). The molecule has 1 aromatic heterocycles. The quantitative estimate of drug-likeness (QED) is 0.745. The van der Waals surface area contributed by atoms with Gasteiger partial charge >= 0.3 is 11.8 Å². The van der Waals surface area contributed by atoms with Crippen LogP contribution in [0.1, 0.15) is 18.1 Å². The predicted octanol–water partition coefficient (Wildman–Crippen LogP) is 1.86. The van der Waals surface area contributed by atoms with Crippen molar-refractivity contribution in [1.29, 1.82) is 0 Å². The van der Waals surface area contributed by atoms with Gasteiger partial charge in [-0.15, -0.1) is 0 Å². The Morgan fingerprint density at radius 2 is 1.80 bits per heavy atom. The summed E-state index contributed by atoms with van der Waals surface area (Å²) in [6.45, 7) is 3.88. The van der Waals surface area contributed by atoms with E-state index in [1.807, 2.05) is 26.0 Å². The minimum atomic E-state index is -0.732. The number of benzene rings is 1. The molecular formula is C14H16N4O2. The number of carbonyl (C=O) groups excluding carboxylic acids is 2. The van der Waals surface area contributed by atoms with Gasteiger partial charge in [0, 0.05) is 11.3 Å². The topological polar surface area (TPSA) is 86.9 Å². The monoisotopic (exact) mass is 272 g/mol. The Morgan fingerprint density at radius 3 is 2.45 bits per heavy atom. The summed E-state index contributed by atoms with van der Waals surface area (Å²) in [6, 6.07) is 7.21. The molecule has 1 aromatic carbocycles. The molecule has 6 nitrogen and oxygen atoms in total. The van der Waals surface area contributed by atoms with Gasteiger partial charge in [0.15, 0.2) is 0 Å². The van der Waals surface area contributed by atoms with Crippen LogP contribution in [-0.4, -0.2) is 22.0 Å². The number of nitrogens with zero attached hydrogens (tertiary/aromatic N) is 1. The minimum Gasteiger partial charge on any atom is -0.318 e. The summed E-state index contributed by atoms with van der Waals surface area (Å²) < 4.78 is 0. The highest BCUT2D eigenvalue weighted by Crippen LogP contribution is 2.12. The first-order valence-electron chi connectivity index (χ1n) is 6.31. The van der Waals surface area contributed by atoms with Crippen molar-refractivity contribution in [3.63, 3.8) is 0 Å². The molecule has 0 radical (unpaired) electrons. The molecule has 0 aliphatic rings. The molecule has 0 saturated carbocycles. The molecule has 0 unspecified atom stereocenters. The number of rotatable bonds is 3. The first-order valence-corrected chi connectivity index (χ1v) is 6.31. The van der Waals surface area contributed by atoms with Gasteiger partial charge < -0.3 is 10.6 Å². The zero-order valence-corrected chi connectivity index (χ0v) is 11.4. The van der Waals surface area contributed by atoms with E-state index in [1.54, 1.807) is 18.3 Å². The van der Waals surface area contributed by atoms with E-state index in [4.69, 9.17) is 0 Å². The van der Waals surface area contributed by atoms with Gasteiger partial charge in [0.2, 0.25) is 0 Å². The smallest absolute Gasteiger partial charge is 0.315 e. The fourth-order valence-electron chi connectivity index (χ4n) is 1.68. The lowest BCUT2D eigenvalue weighted by Gasteiger charge is -2.06.